The standard InChI is InChI=1S/C31H33N5O5/c32-24(15-20-9-3-1-4-10-20)29(39)35-27(17-22-18-33-25-14-8-7-13-23(22)25)31(41)36-26(30(40)34-19-28(37)38)16-21-11-5-2-6-12-21/h1-14,18,24,26-27,33H,15-17,19,32H2,(H,34,40)(H,35,39)(H,36,41)(H,37,38). The number of aliphatic carboxylic acids is 1. The fraction of sp³-hybridized carbons (Fsp3) is 0.226. The lowest BCUT2D eigenvalue weighted by atomic mass is 10.0. The number of fused-ring (bicyclic) bond motifs is 1. The summed E-state index contributed by atoms with van der Waals surface area (Å²) in [7, 11) is 0. The van der Waals surface area contributed by atoms with Gasteiger partial charge in [-0.2, -0.15) is 0 Å². The van der Waals surface area contributed by atoms with E-state index in [1.807, 2.05) is 60.7 Å². The van der Waals surface area contributed by atoms with E-state index in [0.29, 0.717) is 0 Å². The number of amides is 3. The van der Waals surface area contributed by atoms with Crippen molar-refractivity contribution in [1.82, 2.24) is 20.9 Å². The third-order valence-corrected chi connectivity index (χ3v) is 6.70. The van der Waals surface area contributed by atoms with Gasteiger partial charge in [-0.05, 0) is 29.2 Å². The van der Waals surface area contributed by atoms with Gasteiger partial charge in [0.15, 0.2) is 0 Å². The molecule has 1 heterocycles. The normalized spacial score (nSPS) is 13.1. The van der Waals surface area contributed by atoms with Gasteiger partial charge < -0.3 is 31.8 Å². The molecule has 0 radical (unpaired) electrons. The first-order valence-electron chi connectivity index (χ1n) is 13.3. The Kier molecular flexibility index (Phi) is 9.85. The molecule has 0 spiro atoms. The second kappa shape index (κ2) is 13.9. The maximum atomic E-state index is 13.7. The van der Waals surface area contributed by atoms with E-state index in [0.717, 1.165) is 27.6 Å². The zero-order chi connectivity index (χ0) is 29.2. The minimum absolute atomic E-state index is 0.124. The quantitative estimate of drug-likeness (QED) is 0.147. The number of carboxylic acids is 1. The van der Waals surface area contributed by atoms with Crippen LogP contribution in [0.1, 0.15) is 16.7 Å². The van der Waals surface area contributed by atoms with Gasteiger partial charge in [0.25, 0.3) is 0 Å². The molecule has 4 rings (SSSR count). The molecule has 3 unspecified atom stereocenters. The van der Waals surface area contributed by atoms with Crippen LogP contribution in [0.25, 0.3) is 10.9 Å². The first-order valence-corrected chi connectivity index (χ1v) is 13.3. The van der Waals surface area contributed by atoms with Crippen LogP contribution in [0.4, 0.5) is 0 Å². The van der Waals surface area contributed by atoms with E-state index in [2.05, 4.69) is 20.9 Å². The number of hydrogen-bond donors (Lipinski definition) is 6. The fourth-order valence-corrected chi connectivity index (χ4v) is 4.59. The molecule has 0 fully saturated rings. The number of aromatic nitrogens is 1. The number of nitrogens with one attached hydrogen (secondary N) is 4. The maximum absolute atomic E-state index is 13.7. The van der Waals surface area contributed by atoms with E-state index < -0.39 is 48.4 Å². The topological polar surface area (TPSA) is 166 Å². The summed E-state index contributed by atoms with van der Waals surface area (Å²) in [5.74, 6) is -2.96. The molecule has 3 aromatic carbocycles. The van der Waals surface area contributed by atoms with Crippen molar-refractivity contribution in [3.05, 3.63) is 108 Å². The number of carbonyl (C=O) groups excluding carboxylic acids is 3. The molecule has 3 atom stereocenters. The van der Waals surface area contributed by atoms with Gasteiger partial charge >= 0.3 is 5.97 Å². The Balaban J connectivity index is 1.56. The van der Waals surface area contributed by atoms with Crippen LogP contribution in [-0.2, 0) is 38.4 Å². The molecule has 0 aliphatic rings. The number of hydrogen-bond acceptors (Lipinski definition) is 5. The van der Waals surface area contributed by atoms with Crippen molar-refractivity contribution in [3.8, 4) is 0 Å². The van der Waals surface area contributed by atoms with Crippen LogP contribution < -0.4 is 21.7 Å². The molecule has 10 heteroatoms. The van der Waals surface area contributed by atoms with E-state index in [4.69, 9.17) is 10.8 Å². The van der Waals surface area contributed by atoms with Crippen LogP contribution in [0, 0.1) is 0 Å². The maximum Gasteiger partial charge on any atom is 0.322 e. The smallest absolute Gasteiger partial charge is 0.322 e. The number of rotatable bonds is 13. The predicted octanol–water partition coefficient (Wildman–Crippen LogP) is 1.69. The van der Waals surface area contributed by atoms with Crippen molar-refractivity contribution < 1.29 is 24.3 Å². The Bertz CT molecular complexity index is 1490. The highest BCUT2D eigenvalue weighted by Crippen LogP contribution is 2.19. The fourth-order valence-electron chi connectivity index (χ4n) is 4.59. The van der Waals surface area contributed by atoms with E-state index >= 15 is 0 Å². The Hall–Kier alpha value is -4.96. The van der Waals surface area contributed by atoms with Crippen LogP contribution in [0.15, 0.2) is 91.1 Å². The van der Waals surface area contributed by atoms with Gasteiger partial charge in [0, 0.05) is 29.9 Å². The average molecular weight is 556 g/mol. The van der Waals surface area contributed by atoms with Gasteiger partial charge in [0.05, 0.1) is 6.04 Å². The van der Waals surface area contributed by atoms with Gasteiger partial charge in [-0.25, -0.2) is 0 Å². The zero-order valence-electron chi connectivity index (χ0n) is 22.4. The molecule has 41 heavy (non-hydrogen) atoms. The average Bonchev–Trinajstić information content (AvgIpc) is 3.38. The highest BCUT2D eigenvalue weighted by Gasteiger charge is 2.29. The first kappa shape index (κ1) is 29.0. The predicted molar refractivity (Wildman–Crippen MR) is 155 cm³/mol. The molecule has 212 valence electrons. The lowest BCUT2D eigenvalue weighted by Crippen LogP contribution is -2.57. The number of nitrogens with two attached hydrogens (primary N) is 1. The molecule has 0 saturated heterocycles. The minimum atomic E-state index is -1.21. The largest absolute Gasteiger partial charge is 0.480 e. The second-order valence-corrected chi connectivity index (χ2v) is 9.78. The molecule has 0 aliphatic carbocycles. The van der Waals surface area contributed by atoms with Crippen LogP contribution >= 0.6 is 0 Å². The molecule has 0 saturated carbocycles. The monoisotopic (exact) mass is 555 g/mol. The summed E-state index contributed by atoms with van der Waals surface area (Å²) in [6, 6.07) is 22.9. The van der Waals surface area contributed by atoms with Gasteiger partial charge in [-0.1, -0.05) is 78.9 Å². The van der Waals surface area contributed by atoms with E-state index in [-0.39, 0.29) is 19.3 Å². The van der Waals surface area contributed by atoms with E-state index in [9.17, 15) is 19.2 Å². The van der Waals surface area contributed by atoms with Crippen LogP contribution in [0.3, 0.4) is 0 Å². The summed E-state index contributed by atoms with van der Waals surface area (Å²) in [5, 5.41) is 17.8. The molecule has 1 aromatic heterocycles. The molecule has 10 nitrogen and oxygen atoms in total. The van der Waals surface area contributed by atoms with Crippen molar-refractivity contribution in [3.63, 3.8) is 0 Å². The lowest BCUT2D eigenvalue weighted by Gasteiger charge is -2.24. The SMILES string of the molecule is NC(Cc1ccccc1)C(=O)NC(Cc1c[nH]c2ccccc12)C(=O)NC(Cc1ccccc1)C(=O)NCC(=O)O. The molecule has 0 bridgehead atoms. The van der Waals surface area contributed by atoms with Gasteiger partial charge in [0.1, 0.15) is 18.6 Å². The molecular weight excluding hydrogens is 522 g/mol. The zero-order valence-corrected chi connectivity index (χ0v) is 22.4. The number of carbonyl (C=O) groups is 4. The first-order chi connectivity index (χ1) is 19.8. The van der Waals surface area contributed by atoms with Crippen molar-refractivity contribution in [1.29, 1.82) is 0 Å². The second-order valence-electron chi connectivity index (χ2n) is 9.78. The lowest BCUT2D eigenvalue weighted by molar-refractivity contribution is -0.138. The van der Waals surface area contributed by atoms with E-state index in [1.54, 1.807) is 30.5 Å². The molecule has 7 N–H and O–H groups in total. The summed E-state index contributed by atoms with van der Waals surface area (Å²) in [6.07, 6.45) is 2.32. The molecule has 4 aromatic rings. The van der Waals surface area contributed by atoms with Crippen LogP contribution in [-0.4, -0.2) is 58.5 Å². The van der Waals surface area contributed by atoms with Crippen LogP contribution in [0.2, 0.25) is 0 Å². The summed E-state index contributed by atoms with van der Waals surface area (Å²) < 4.78 is 0. The van der Waals surface area contributed by atoms with Gasteiger partial charge in [-0.15, -0.1) is 0 Å². The molecule has 0 aliphatic heterocycles. The van der Waals surface area contributed by atoms with Crippen LogP contribution in [0.5, 0.6) is 0 Å². The summed E-state index contributed by atoms with van der Waals surface area (Å²) in [5.41, 5.74) is 9.54. The minimum Gasteiger partial charge on any atom is -0.480 e. The number of carboxylic acid groups (broad SMARTS) is 1. The molecular formula is C31H33N5O5. The number of benzene rings is 3. The van der Waals surface area contributed by atoms with Crippen molar-refractivity contribution in [2.75, 3.05) is 6.54 Å². The third kappa shape index (κ3) is 8.26. The highest BCUT2D eigenvalue weighted by molar-refractivity contribution is 5.94. The Morgan fingerprint density at radius 3 is 1.93 bits per heavy atom. The summed E-state index contributed by atoms with van der Waals surface area (Å²) >= 11 is 0. The van der Waals surface area contributed by atoms with E-state index in [1.165, 1.54) is 0 Å². The Morgan fingerprint density at radius 1 is 0.707 bits per heavy atom. The summed E-state index contributed by atoms with van der Waals surface area (Å²) in [6.45, 7) is -0.593. The number of H-pyrrole nitrogens is 1. The summed E-state index contributed by atoms with van der Waals surface area (Å²) in [4.78, 5) is 54.0. The Labute approximate surface area is 237 Å². The number of para-hydroxylation sites is 1. The Morgan fingerprint density at radius 2 is 1.27 bits per heavy atom. The van der Waals surface area contributed by atoms with Crippen molar-refractivity contribution in [2.45, 2.75) is 37.4 Å². The van der Waals surface area contributed by atoms with Crippen molar-refractivity contribution >= 4 is 34.6 Å². The van der Waals surface area contributed by atoms with Crippen molar-refractivity contribution in [2.24, 2.45) is 5.73 Å². The molecule has 3 amide bonds. The number of aromatic amines is 1. The van der Waals surface area contributed by atoms with Gasteiger partial charge in [0.2, 0.25) is 17.7 Å². The highest BCUT2D eigenvalue weighted by atomic mass is 16.4. The third-order valence-electron chi connectivity index (χ3n) is 6.70. The van der Waals surface area contributed by atoms with Gasteiger partial charge in [-0.3, -0.25) is 19.2 Å².